The van der Waals surface area contributed by atoms with Crippen LogP contribution >= 0.6 is 0 Å². The van der Waals surface area contributed by atoms with Gasteiger partial charge in [-0.2, -0.15) is 0 Å². The van der Waals surface area contributed by atoms with Gasteiger partial charge in [0.1, 0.15) is 12.1 Å². The number of aldehydes is 1. The summed E-state index contributed by atoms with van der Waals surface area (Å²) >= 11 is 0. The van der Waals surface area contributed by atoms with E-state index < -0.39 is 0 Å². The van der Waals surface area contributed by atoms with Crippen molar-refractivity contribution < 1.29 is 4.79 Å². The maximum atomic E-state index is 10.6. The van der Waals surface area contributed by atoms with Gasteiger partial charge in [-0.1, -0.05) is 30.3 Å². The summed E-state index contributed by atoms with van der Waals surface area (Å²) in [4.78, 5) is 27.0. The summed E-state index contributed by atoms with van der Waals surface area (Å²) < 4.78 is 0. The predicted molar refractivity (Wildman–Crippen MR) is 138 cm³/mol. The Morgan fingerprint density at radius 3 is 2.58 bits per heavy atom. The summed E-state index contributed by atoms with van der Waals surface area (Å²) in [7, 11) is 4.18. The number of aliphatic imine (C=N–C) groups is 1. The second kappa shape index (κ2) is 12.4. The van der Waals surface area contributed by atoms with Gasteiger partial charge in [-0.15, -0.1) is 0 Å². The van der Waals surface area contributed by atoms with E-state index in [9.17, 15) is 4.79 Å². The van der Waals surface area contributed by atoms with Crippen LogP contribution in [0.15, 0.2) is 53.7 Å². The van der Waals surface area contributed by atoms with Gasteiger partial charge in [-0.3, -0.25) is 9.89 Å². The normalized spacial score (nSPS) is 16.5. The summed E-state index contributed by atoms with van der Waals surface area (Å²) in [5.41, 5.74) is 4.78. The van der Waals surface area contributed by atoms with Gasteiger partial charge in [0.05, 0.1) is 6.17 Å². The van der Waals surface area contributed by atoms with Crippen molar-refractivity contribution in [2.45, 2.75) is 39.4 Å². The molecule has 1 atom stereocenters. The smallest absolute Gasteiger partial charge is 0.128 e. The van der Waals surface area contributed by atoms with E-state index in [4.69, 9.17) is 4.99 Å². The number of benzene rings is 1. The molecule has 3 rings (SSSR count). The van der Waals surface area contributed by atoms with Gasteiger partial charge in [0, 0.05) is 51.6 Å². The number of carbonyl (C=O) groups excluding carboxylic acids is 1. The highest BCUT2D eigenvalue weighted by Crippen LogP contribution is 2.18. The van der Waals surface area contributed by atoms with E-state index in [-0.39, 0.29) is 6.17 Å². The van der Waals surface area contributed by atoms with E-state index in [0.29, 0.717) is 6.42 Å². The molecule has 0 spiro atoms. The molecule has 6 nitrogen and oxygen atoms in total. The Morgan fingerprint density at radius 1 is 1.15 bits per heavy atom. The molecule has 1 aromatic carbocycles. The maximum absolute atomic E-state index is 10.6. The van der Waals surface area contributed by atoms with Crippen LogP contribution in [0.1, 0.15) is 37.0 Å². The number of rotatable bonds is 10. The largest absolute Gasteiger partial charge is 0.354 e. The van der Waals surface area contributed by atoms with E-state index in [1.165, 1.54) is 11.1 Å². The lowest BCUT2D eigenvalue weighted by Crippen LogP contribution is -2.49. The van der Waals surface area contributed by atoms with Crippen LogP contribution in [0.5, 0.6) is 0 Å². The molecular weight excluding hydrogens is 410 g/mol. The maximum Gasteiger partial charge on any atom is 0.128 e. The van der Waals surface area contributed by atoms with Gasteiger partial charge in [0.15, 0.2) is 0 Å². The molecule has 33 heavy (non-hydrogen) atoms. The number of allylic oxidation sites excluding steroid dienone is 2. The van der Waals surface area contributed by atoms with Crippen molar-refractivity contribution >= 4 is 23.9 Å². The number of piperazine rings is 1. The second-order valence-electron chi connectivity index (χ2n) is 8.85. The molecule has 0 aliphatic carbocycles. The van der Waals surface area contributed by atoms with Crippen LogP contribution in [0.2, 0.25) is 0 Å². The number of aromatic nitrogens is 1. The van der Waals surface area contributed by atoms with Crippen LogP contribution in [0.3, 0.4) is 0 Å². The third-order valence-corrected chi connectivity index (χ3v) is 6.03. The number of pyridine rings is 1. The van der Waals surface area contributed by atoms with Crippen LogP contribution in [-0.4, -0.2) is 73.7 Å². The molecule has 2 heterocycles. The third-order valence-electron chi connectivity index (χ3n) is 6.03. The number of carbonyl (C=O) groups is 1. The third kappa shape index (κ3) is 7.34. The number of anilines is 1. The Balaban J connectivity index is 1.54. The average Bonchev–Trinajstić information content (AvgIpc) is 2.83. The van der Waals surface area contributed by atoms with E-state index in [2.05, 4.69) is 90.1 Å². The molecule has 176 valence electrons. The number of nitrogens with zero attached hydrogens (tertiary/aromatic N) is 5. The zero-order chi connectivity index (χ0) is 23.6. The number of hydrogen-bond donors (Lipinski definition) is 0. The van der Waals surface area contributed by atoms with Crippen LogP contribution in [0.25, 0.3) is 5.57 Å². The number of aryl methyl sites for hydroxylation is 1. The minimum absolute atomic E-state index is 0.130. The lowest BCUT2D eigenvalue weighted by atomic mass is 10.0. The summed E-state index contributed by atoms with van der Waals surface area (Å²) in [5.74, 6) is 1.01. The van der Waals surface area contributed by atoms with Crippen molar-refractivity contribution in [3.63, 3.8) is 0 Å². The quantitative estimate of drug-likeness (QED) is 0.408. The van der Waals surface area contributed by atoms with Crippen LogP contribution < -0.4 is 4.90 Å². The van der Waals surface area contributed by atoms with Gasteiger partial charge in [0.2, 0.25) is 0 Å². The lowest BCUT2D eigenvalue weighted by molar-refractivity contribution is -0.107. The Hall–Kier alpha value is -2.83. The highest BCUT2D eigenvalue weighted by molar-refractivity contribution is 6.09. The van der Waals surface area contributed by atoms with Gasteiger partial charge in [0.25, 0.3) is 0 Å². The Kier molecular flexibility index (Phi) is 9.34. The standard InChI is InChI=1S/C27H37N5O/c1-5-25(26-10-6-8-24(18-26)21-30(3)4)20-28-22(2)31-13-15-32(16-14-31)27-12-11-23(19-29-27)9-7-17-33/h5-6,8,10-12,17-20,22H,7,9,13-16,21H2,1-4H3/b25-5+,28-20-. The van der Waals surface area contributed by atoms with Gasteiger partial charge in [-0.05, 0) is 68.8 Å². The highest BCUT2D eigenvalue weighted by atomic mass is 16.1. The van der Waals surface area contributed by atoms with Crippen molar-refractivity contribution in [2.75, 3.05) is 45.2 Å². The van der Waals surface area contributed by atoms with E-state index in [1.807, 2.05) is 12.4 Å². The zero-order valence-corrected chi connectivity index (χ0v) is 20.4. The fourth-order valence-corrected chi connectivity index (χ4v) is 4.11. The Morgan fingerprint density at radius 2 is 1.94 bits per heavy atom. The van der Waals surface area contributed by atoms with Crippen LogP contribution in [-0.2, 0) is 17.8 Å². The van der Waals surface area contributed by atoms with Gasteiger partial charge < -0.3 is 14.6 Å². The first-order chi connectivity index (χ1) is 16.0. The zero-order valence-electron chi connectivity index (χ0n) is 20.4. The first-order valence-corrected chi connectivity index (χ1v) is 11.8. The number of hydrogen-bond acceptors (Lipinski definition) is 6. The average molecular weight is 448 g/mol. The molecule has 0 N–H and O–H groups in total. The molecule has 1 fully saturated rings. The van der Waals surface area contributed by atoms with E-state index >= 15 is 0 Å². The van der Waals surface area contributed by atoms with Gasteiger partial charge in [-0.25, -0.2) is 4.98 Å². The van der Waals surface area contributed by atoms with Crippen LogP contribution in [0.4, 0.5) is 5.82 Å². The predicted octanol–water partition coefficient (Wildman–Crippen LogP) is 3.92. The topological polar surface area (TPSA) is 52.0 Å². The van der Waals surface area contributed by atoms with Gasteiger partial charge >= 0.3 is 0 Å². The molecule has 0 radical (unpaired) electrons. The van der Waals surface area contributed by atoms with Crippen molar-refractivity contribution in [1.29, 1.82) is 0 Å². The van der Waals surface area contributed by atoms with E-state index in [0.717, 1.165) is 62.4 Å². The van der Waals surface area contributed by atoms with Crippen molar-refractivity contribution in [2.24, 2.45) is 4.99 Å². The van der Waals surface area contributed by atoms with Crippen molar-refractivity contribution in [3.05, 3.63) is 65.4 Å². The fraction of sp³-hybridized carbons (Fsp3) is 0.444. The molecule has 0 saturated carbocycles. The molecular formula is C27H37N5O. The second-order valence-corrected chi connectivity index (χ2v) is 8.85. The fourth-order valence-electron chi connectivity index (χ4n) is 4.11. The molecule has 1 aliphatic heterocycles. The Bertz CT molecular complexity index is 943. The summed E-state index contributed by atoms with van der Waals surface area (Å²) in [6, 6.07) is 12.8. The molecule has 1 unspecified atom stereocenters. The van der Waals surface area contributed by atoms with E-state index in [1.54, 1.807) is 0 Å². The minimum Gasteiger partial charge on any atom is -0.354 e. The molecule has 1 aromatic heterocycles. The monoisotopic (exact) mass is 447 g/mol. The molecule has 0 bridgehead atoms. The Labute approximate surface area is 198 Å². The minimum atomic E-state index is 0.130. The van der Waals surface area contributed by atoms with Crippen molar-refractivity contribution in [3.8, 4) is 0 Å². The van der Waals surface area contributed by atoms with Crippen LogP contribution in [0, 0.1) is 0 Å². The summed E-state index contributed by atoms with van der Waals surface area (Å²) in [5, 5.41) is 0. The SMILES string of the molecule is C/C=C(\C=N/C(C)N1CCN(c2ccc(CCC=O)cn2)CC1)c1cccc(CN(C)C)c1. The first-order valence-electron chi connectivity index (χ1n) is 11.8. The molecule has 0 amide bonds. The molecule has 2 aromatic rings. The summed E-state index contributed by atoms with van der Waals surface area (Å²) in [6.07, 6.45) is 8.44. The highest BCUT2D eigenvalue weighted by Gasteiger charge is 2.21. The van der Waals surface area contributed by atoms with Crippen molar-refractivity contribution in [1.82, 2.24) is 14.8 Å². The first kappa shape index (κ1) is 24.8. The molecule has 6 heteroatoms. The molecule has 1 aliphatic rings. The summed E-state index contributed by atoms with van der Waals surface area (Å²) in [6.45, 7) is 8.95. The molecule has 1 saturated heterocycles. The lowest BCUT2D eigenvalue weighted by Gasteiger charge is -2.37.